The molecular formula is C30H42N4O2. The molecule has 1 aliphatic heterocycles. The van der Waals surface area contributed by atoms with Crippen molar-refractivity contribution in [3.63, 3.8) is 0 Å². The lowest BCUT2D eigenvalue weighted by atomic mass is 9.90. The van der Waals surface area contributed by atoms with Crippen molar-refractivity contribution in [1.29, 1.82) is 0 Å². The SMILES string of the molecule is CC(=O)N1CCC(N(CCc2ccccc2)Cc2ccc(C)cc2)C[C@@H]1C(=O)NC1CCC(N)CC1. The van der Waals surface area contributed by atoms with Gasteiger partial charge in [-0.2, -0.15) is 0 Å². The second kappa shape index (κ2) is 12.5. The van der Waals surface area contributed by atoms with Gasteiger partial charge >= 0.3 is 0 Å². The molecule has 2 fully saturated rings. The molecule has 0 spiro atoms. The van der Waals surface area contributed by atoms with E-state index < -0.39 is 6.04 Å². The highest BCUT2D eigenvalue weighted by atomic mass is 16.2. The Bertz CT molecular complexity index is 986. The van der Waals surface area contributed by atoms with E-state index in [0.717, 1.165) is 51.6 Å². The number of amides is 2. The summed E-state index contributed by atoms with van der Waals surface area (Å²) in [5.41, 5.74) is 9.91. The van der Waals surface area contributed by atoms with E-state index in [0.29, 0.717) is 13.0 Å². The lowest BCUT2D eigenvalue weighted by Crippen LogP contribution is -2.58. The summed E-state index contributed by atoms with van der Waals surface area (Å²) in [6, 6.07) is 19.5. The highest BCUT2D eigenvalue weighted by molar-refractivity contribution is 5.87. The Labute approximate surface area is 216 Å². The zero-order valence-corrected chi connectivity index (χ0v) is 21.9. The summed E-state index contributed by atoms with van der Waals surface area (Å²) in [6.07, 6.45) is 6.22. The van der Waals surface area contributed by atoms with Crippen molar-refractivity contribution in [2.75, 3.05) is 13.1 Å². The van der Waals surface area contributed by atoms with E-state index in [1.807, 2.05) is 6.07 Å². The average Bonchev–Trinajstić information content (AvgIpc) is 2.89. The summed E-state index contributed by atoms with van der Waals surface area (Å²) in [5, 5.41) is 3.26. The highest BCUT2D eigenvalue weighted by Gasteiger charge is 2.38. The molecule has 1 aliphatic carbocycles. The number of piperidine rings is 1. The molecule has 2 atom stereocenters. The smallest absolute Gasteiger partial charge is 0.243 e. The molecule has 2 aromatic carbocycles. The van der Waals surface area contributed by atoms with Crippen molar-refractivity contribution in [2.24, 2.45) is 5.73 Å². The van der Waals surface area contributed by atoms with Crippen molar-refractivity contribution in [1.82, 2.24) is 15.1 Å². The van der Waals surface area contributed by atoms with E-state index in [9.17, 15) is 9.59 Å². The van der Waals surface area contributed by atoms with Crippen LogP contribution >= 0.6 is 0 Å². The van der Waals surface area contributed by atoms with Gasteiger partial charge in [-0.05, 0) is 63.0 Å². The van der Waals surface area contributed by atoms with E-state index >= 15 is 0 Å². The molecule has 4 rings (SSSR count). The standard InChI is InChI=1S/C30H42N4O2/c1-22-8-10-25(11-9-22)21-33(18-16-24-6-4-3-5-7-24)28-17-19-34(23(2)35)29(20-28)30(36)32-27-14-12-26(31)13-15-27/h3-11,26-29H,12-21,31H2,1-2H3,(H,32,36)/t26?,27?,28?,29-/m1/s1. The summed E-state index contributed by atoms with van der Waals surface area (Å²) in [5.74, 6) is -0.0256. The Kier molecular flexibility index (Phi) is 9.16. The zero-order chi connectivity index (χ0) is 25.5. The first-order chi connectivity index (χ1) is 17.4. The largest absolute Gasteiger partial charge is 0.352 e. The number of nitrogens with one attached hydrogen (secondary N) is 1. The Balaban J connectivity index is 1.48. The predicted octanol–water partition coefficient (Wildman–Crippen LogP) is 3.81. The van der Waals surface area contributed by atoms with Gasteiger partial charge in [-0.25, -0.2) is 0 Å². The molecule has 1 saturated carbocycles. The Morgan fingerprint density at radius 1 is 0.972 bits per heavy atom. The molecule has 6 nitrogen and oxygen atoms in total. The predicted molar refractivity (Wildman–Crippen MR) is 144 cm³/mol. The Morgan fingerprint density at radius 2 is 1.67 bits per heavy atom. The van der Waals surface area contributed by atoms with Crippen LogP contribution in [0, 0.1) is 6.92 Å². The number of benzene rings is 2. The van der Waals surface area contributed by atoms with Crippen LogP contribution in [0.5, 0.6) is 0 Å². The maximum Gasteiger partial charge on any atom is 0.243 e. The molecular weight excluding hydrogens is 448 g/mol. The monoisotopic (exact) mass is 490 g/mol. The van der Waals surface area contributed by atoms with Crippen LogP contribution in [-0.4, -0.2) is 58.9 Å². The van der Waals surface area contributed by atoms with Gasteiger partial charge in [-0.3, -0.25) is 14.5 Å². The molecule has 194 valence electrons. The molecule has 1 unspecified atom stereocenters. The lowest BCUT2D eigenvalue weighted by molar-refractivity contribution is -0.142. The van der Waals surface area contributed by atoms with Crippen LogP contribution in [-0.2, 0) is 22.6 Å². The molecule has 2 amide bonds. The lowest BCUT2D eigenvalue weighted by Gasteiger charge is -2.43. The second-order valence-electron chi connectivity index (χ2n) is 10.7. The number of carbonyl (C=O) groups excluding carboxylic acids is 2. The van der Waals surface area contributed by atoms with Gasteiger partial charge in [-0.1, -0.05) is 60.2 Å². The van der Waals surface area contributed by atoms with Gasteiger partial charge in [0.1, 0.15) is 6.04 Å². The van der Waals surface area contributed by atoms with E-state index in [1.54, 1.807) is 11.8 Å². The van der Waals surface area contributed by atoms with Gasteiger partial charge in [0, 0.05) is 44.7 Å². The van der Waals surface area contributed by atoms with Gasteiger partial charge in [-0.15, -0.1) is 0 Å². The van der Waals surface area contributed by atoms with Crippen molar-refractivity contribution < 1.29 is 9.59 Å². The molecule has 1 saturated heterocycles. The van der Waals surface area contributed by atoms with Crippen LogP contribution in [0.1, 0.15) is 62.1 Å². The van der Waals surface area contributed by atoms with Crippen LogP contribution in [0.15, 0.2) is 54.6 Å². The Hall–Kier alpha value is -2.70. The maximum absolute atomic E-state index is 13.5. The highest BCUT2D eigenvalue weighted by Crippen LogP contribution is 2.26. The number of likely N-dealkylation sites (tertiary alicyclic amines) is 1. The van der Waals surface area contributed by atoms with Gasteiger partial charge in [0.25, 0.3) is 0 Å². The van der Waals surface area contributed by atoms with Crippen LogP contribution in [0.2, 0.25) is 0 Å². The number of carbonyl (C=O) groups is 2. The quantitative estimate of drug-likeness (QED) is 0.590. The average molecular weight is 491 g/mol. The van der Waals surface area contributed by atoms with Crippen molar-refractivity contribution >= 4 is 11.8 Å². The topological polar surface area (TPSA) is 78.7 Å². The number of hydrogen-bond acceptors (Lipinski definition) is 4. The minimum atomic E-state index is -0.422. The molecule has 1 heterocycles. The maximum atomic E-state index is 13.5. The molecule has 2 aliphatic rings. The molecule has 6 heteroatoms. The normalized spacial score (nSPS) is 24.5. The molecule has 3 N–H and O–H groups in total. The first-order valence-electron chi connectivity index (χ1n) is 13.6. The van der Waals surface area contributed by atoms with E-state index in [2.05, 4.69) is 65.7 Å². The molecule has 0 radical (unpaired) electrons. The molecule has 2 aromatic rings. The fourth-order valence-corrected chi connectivity index (χ4v) is 5.70. The van der Waals surface area contributed by atoms with E-state index in [4.69, 9.17) is 5.73 Å². The van der Waals surface area contributed by atoms with Crippen LogP contribution < -0.4 is 11.1 Å². The number of nitrogens with two attached hydrogens (primary N) is 1. The summed E-state index contributed by atoms with van der Waals surface area (Å²) in [7, 11) is 0. The molecule has 0 aromatic heterocycles. The zero-order valence-electron chi connectivity index (χ0n) is 21.9. The number of hydrogen-bond donors (Lipinski definition) is 2. The number of nitrogens with zero attached hydrogens (tertiary/aromatic N) is 2. The first-order valence-corrected chi connectivity index (χ1v) is 13.6. The first kappa shape index (κ1) is 26.4. The number of rotatable bonds is 8. The van der Waals surface area contributed by atoms with E-state index in [1.165, 1.54) is 16.7 Å². The molecule has 36 heavy (non-hydrogen) atoms. The fourth-order valence-electron chi connectivity index (χ4n) is 5.70. The van der Waals surface area contributed by atoms with Gasteiger partial charge in [0.2, 0.25) is 11.8 Å². The van der Waals surface area contributed by atoms with Crippen molar-refractivity contribution in [3.05, 3.63) is 71.3 Å². The summed E-state index contributed by atoms with van der Waals surface area (Å²) < 4.78 is 0. The van der Waals surface area contributed by atoms with Gasteiger partial charge in [0.15, 0.2) is 0 Å². The van der Waals surface area contributed by atoms with Gasteiger partial charge < -0.3 is 16.0 Å². The Morgan fingerprint density at radius 3 is 2.33 bits per heavy atom. The number of aryl methyl sites for hydroxylation is 1. The van der Waals surface area contributed by atoms with Crippen LogP contribution in [0.3, 0.4) is 0 Å². The molecule has 0 bridgehead atoms. The van der Waals surface area contributed by atoms with Crippen molar-refractivity contribution in [2.45, 2.75) is 89.5 Å². The minimum absolute atomic E-state index is 0.00582. The third kappa shape index (κ3) is 7.17. The summed E-state index contributed by atoms with van der Waals surface area (Å²) in [6.45, 7) is 6.06. The van der Waals surface area contributed by atoms with Crippen LogP contribution in [0.25, 0.3) is 0 Å². The minimum Gasteiger partial charge on any atom is -0.352 e. The third-order valence-electron chi connectivity index (χ3n) is 7.95. The second-order valence-corrected chi connectivity index (χ2v) is 10.7. The van der Waals surface area contributed by atoms with Crippen LogP contribution in [0.4, 0.5) is 0 Å². The fraction of sp³-hybridized carbons (Fsp3) is 0.533. The summed E-state index contributed by atoms with van der Waals surface area (Å²) >= 11 is 0. The third-order valence-corrected chi connectivity index (χ3v) is 7.95. The van der Waals surface area contributed by atoms with E-state index in [-0.39, 0.29) is 29.9 Å². The summed E-state index contributed by atoms with van der Waals surface area (Å²) in [4.78, 5) is 30.2. The van der Waals surface area contributed by atoms with Crippen molar-refractivity contribution in [3.8, 4) is 0 Å². The van der Waals surface area contributed by atoms with Gasteiger partial charge in [0.05, 0.1) is 0 Å².